The zero-order valence-corrected chi connectivity index (χ0v) is 11.5. The van der Waals surface area contributed by atoms with Crippen molar-refractivity contribution in [1.29, 1.82) is 0 Å². The Morgan fingerprint density at radius 1 is 1.20 bits per heavy atom. The molecule has 0 unspecified atom stereocenters. The highest BCUT2D eigenvalue weighted by Gasteiger charge is 2.08. The Bertz CT molecular complexity index is 762. The van der Waals surface area contributed by atoms with Gasteiger partial charge in [0.05, 0.1) is 17.9 Å². The molecule has 2 aromatic heterocycles. The van der Waals surface area contributed by atoms with Gasteiger partial charge in [0, 0.05) is 11.9 Å². The molecule has 0 aliphatic heterocycles. The molecule has 0 atom stereocenters. The van der Waals surface area contributed by atoms with Crippen LogP contribution < -0.4 is 5.32 Å². The lowest BCUT2D eigenvalue weighted by Gasteiger charge is -2.10. The quantitative estimate of drug-likeness (QED) is 0.785. The van der Waals surface area contributed by atoms with Gasteiger partial charge in [0.25, 0.3) is 0 Å². The van der Waals surface area contributed by atoms with E-state index in [2.05, 4.69) is 14.7 Å². The number of benzene rings is 1. The summed E-state index contributed by atoms with van der Waals surface area (Å²) in [5.41, 5.74) is 4.84. The number of hydrogen-bond acceptors (Lipinski definition) is 2. The Labute approximate surface area is 117 Å². The first-order valence-electron chi connectivity index (χ1n) is 6.58. The zero-order valence-electron chi connectivity index (χ0n) is 11.5. The number of fused-ring (bicyclic) bond motifs is 1. The monoisotopic (exact) mass is 269 g/mol. The van der Waals surface area contributed by atoms with E-state index in [1.165, 1.54) is 12.1 Å². The third kappa shape index (κ3) is 2.25. The van der Waals surface area contributed by atoms with E-state index in [1.807, 2.05) is 38.2 Å². The first kappa shape index (κ1) is 12.7. The van der Waals surface area contributed by atoms with Gasteiger partial charge in [-0.2, -0.15) is 0 Å². The predicted molar refractivity (Wildman–Crippen MR) is 78.4 cm³/mol. The van der Waals surface area contributed by atoms with Crippen LogP contribution in [-0.2, 0) is 6.54 Å². The summed E-state index contributed by atoms with van der Waals surface area (Å²) in [6.07, 6.45) is 1.99. The molecule has 0 saturated heterocycles. The summed E-state index contributed by atoms with van der Waals surface area (Å²) in [7, 11) is 0. The first-order chi connectivity index (χ1) is 9.65. The SMILES string of the molecule is Cc1ccc(F)cc1NCc1c(C)nc2ccccn12. The van der Waals surface area contributed by atoms with E-state index in [0.717, 1.165) is 28.3 Å². The number of nitrogens with one attached hydrogen (secondary N) is 1. The van der Waals surface area contributed by atoms with Crippen molar-refractivity contribution in [3.05, 3.63) is 65.4 Å². The van der Waals surface area contributed by atoms with Crippen molar-refractivity contribution in [3.63, 3.8) is 0 Å². The summed E-state index contributed by atoms with van der Waals surface area (Å²) < 4.78 is 15.3. The molecule has 3 rings (SSSR count). The average molecular weight is 269 g/mol. The molecule has 0 bridgehead atoms. The molecule has 102 valence electrons. The van der Waals surface area contributed by atoms with Gasteiger partial charge >= 0.3 is 0 Å². The van der Waals surface area contributed by atoms with E-state index < -0.39 is 0 Å². The lowest BCUT2D eigenvalue weighted by atomic mass is 10.2. The smallest absolute Gasteiger partial charge is 0.137 e. The second-order valence-corrected chi connectivity index (χ2v) is 4.89. The third-order valence-electron chi connectivity index (χ3n) is 3.47. The first-order valence-corrected chi connectivity index (χ1v) is 6.58. The fraction of sp³-hybridized carbons (Fsp3) is 0.188. The summed E-state index contributed by atoms with van der Waals surface area (Å²) in [5, 5.41) is 3.29. The Hall–Kier alpha value is -2.36. The number of hydrogen-bond donors (Lipinski definition) is 1. The second-order valence-electron chi connectivity index (χ2n) is 4.89. The Balaban J connectivity index is 1.90. The van der Waals surface area contributed by atoms with Crippen LogP contribution in [0.25, 0.3) is 5.65 Å². The van der Waals surface area contributed by atoms with E-state index in [0.29, 0.717) is 6.54 Å². The van der Waals surface area contributed by atoms with Crippen LogP contribution in [0.2, 0.25) is 0 Å². The maximum atomic E-state index is 13.3. The highest BCUT2D eigenvalue weighted by Crippen LogP contribution is 2.18. The fourth-order valence-corrected chi connectivity index (χ4v) is 2.34. The Morgan fingerprint density at radius 2 is 2.05 bits per heavy atom. The van der Waals surface area contributed by atoms with Gasteiger partial charge in [-0.3, -0.25) is 0 Å². The van der Waals surface area contributed by atoms with Gasteiger partial charge in [-0.05, 0) is 43.7 Å². The van der Waals surface area contributed by atoms with Crippen molar-refractivity contribution in [2.75, 3.05) is 5.32 Å². The van der Waals surface area contributed by atoms with Crippen LogP contribution in [0.4, 0.5) is 10.1 Å². The molecule has 0 saturated carbocycles. The number of pyridine rings is 1. The van der Waals surface area contributed by atoms with Crippen molar-refractivity contribution < 1.29 is 4.39 Å². The summed E-state index contributed by atoms with van der Waals surface area (Å²) in [4.78, 5) is 4.51. The molecule has 1 N–H and O–H groups in total. The number of aryl methyl sites for hydroxylation is 2. The highest BCUT2D eigenvalue weighted by atomic mass is 19.1. The minimum Gasteiger partial charge on any atom is -0.379 e. The van der Waals surface area contributed by atoms with E-state index in [4.69, 9.17) is 0 Å². The van der Waals surface area contributed by atoms with Crippen molar-refractivity contribution >= 4 is 11.3 Å². The minimum absolute atomic E-state index is 0.229. The average Bonchev–Trinajstić information content (AvgIpc) is 2.75. The van der Waals surface area contributed by atoms with Gasteiger partial charge in [-0.15, -0.1) is 0 Å². The van der Waals surface area contributed by atoms with Gasteiger partial charge in [-0.1, -0.05) is 12.1 Å². The number of anilines is 1. The fourth-order valence-electron chi connectivity index (χ4n) is 2.34. The third-order valence-corrected chi connectivity index (χ3v) is 3.47. The molecular weight excluding hydrogens is 253 g/mol. The number of nitrogens with zero attached hydrogens (tertiary/aromatic N) is 2. The largest absolute Gasteiger partial charge is 0.379 e. The van der Waals surface area contributed by atoms with Gasteiger partial charge in [0.2, 0.25) is 0 Å². The molecule has 0 radical (unpaired) electrons. The maximum absolute atomic E-state index is 13.3. The number of halogens is 1. The molecule has 0 amide bonds. The summed E-state index contributed by atoms with van der Waals surface area (Å²) in [6.45, 7) is 4.56. The lowest BCUT2D eigenvalue weighted by molar-refractivity contribution is 0.627. The van der Waals surface area contributed by atoms with Crippen molar-refractivity contribution in [2.45, 2.75) is 20.4 Å². The van der Waals surface area contributed by atoms with Gasteiger partial charge in [0.15, 0.2) is 0 Å². The summed E-state index contributed by atoms with van der Waals surface area (Å²) in [6, 6.07) is 10.7. The molecule has 0 aliphatic rings. The molecule has 0 spiro atoms. The van der Waals surface area contributed by atoms with Crippen LogP contribution in [0.5, 0.6) is 0 Å². The van der Waals surface area contributed by atoms with E-state index in [-0.39, 0.29) is 5.82 Å². The Kier molecular flexibility index (Phi) is 3.14. The standard InChI is InChI=1S/C16H16FN3/c1-11-6-7-13(17)9-14(11)18-10-15-12(2)19-16-5-3-4-8-20(15)16/h3-9,18H,10H2,1-2H3. The molecule has 1 aromatic carbocycles. The highest BCUT2D eigenvalue weighted by molar-refractivity contribution is 5.51. The molecule has 20 heavy (non-hydrogen) atoms. The molecule has 0 fully saturated rings. The zero-order chi connectivity index (χ0) is 14.1. The van der Waals surface area contributed by atoms with E-state index in [1.54, 1.807) is 6.07 Å². The number of imidazole rings is 1. The number of aromatic nitrogens is 2. The van der Waals surface area contributed by atoms with Gasteiger partial charge in [0.1, 0.15) is 11.5 Å². The second kappa shape index (κ2) is 4.96. The van der Waals surface area contributed by atoms with Crippen LogP contribution in [0.3, 0.4) is 0 Å². The van der Waals surface area contributed by atoms with Gasteiger partial charge < -0.3 is 9.72 Å². The maximum Gasteiger partial charge on any atom is 0.137 e. The molecule has 0 aliphatic carbocycles. The predicted octanol–water partition coefficient (Wildman–Crippen LogP) is 3.70. The van der Waals surface area contributed by atoms with Crippen LogP contribution in [0.15, 0.2) is 42.6 Å². The van der Waals surface area contributed by atoms with E-state index in [9.17, 15) is 4.39 Å². The molecule has 3 aromatic rings. The summed E-state index contributed by atoms with van der Waals surface area (Å²) >= 11 is 0. The number of rotatable bonds is 3. The molecular formula is C16H16FN3. The van der Waals surface area contributed by atoms with E-state index >= 15 is 0 Å². The lowest BCUT2D eigenvalue weighted by Crippen LogP contribution is -2.05. The molecule has 4 heteroatoms. The van der Waals surface area contributed by atoms with Crippen molar-refractivity contribution in [2.24, 2.45) is 0 Å². The molecule has 3 nitrogen and oxygen atoms in total. The van der Waals surface area contributed by atoms with Crippen LogP contribution >= 0.6 is 0 Å². The van der Waals surface area contributed by atoms with Crippen LogP contribution in [0.1, 0.15) is 17.0 Å². The minimum atomic E-state index is -0.229. The Morgan fingerprint density at radius 3 is 2.90 bits per heavy atom. The summed E-state index contributed by atoms with van der Waals surface area (Å²) in [5.74, 6) is -0.229. The van der Waals surface area contributed by atoms with Crippen LogP contribution in [0, 0.1) is 19.7 Å². The topological polar surface area (TPSA) is 29.3 Å². The van der Waals surface area contributed by atoms with Crippen LogP contribution in [-0.4, -0.2) is 9.38 Å². The molecule has 2 heterocycles. The van der Waals surface area contributed by atoms with Crippen molar-refractivity contribution in [1.82, 2.24) is 9.38 Å². The normalized spacial score (nSPS) is 10.9. The van der Waals surface area contributed by atoms with Crippen molar-refractivity contribution in [3.8, 4) is 0 Å². The van der Waals surface area contributed by atoms with Gasteiger partial charge in [-0.25, -0.2) is 9.37 Å².